The normalized spacial score (nSPS) is 16.5. The van der Waals surface area contributed by atoms with Gasteiger partial charge in [0.05, 0.1) is 18.6 Å². The lowest BCUT2D eigenvalue weighted by atomic mass is 10.1. The predicted octanol–water partition coefficient (Wildman–Crippen LogP) is 2.46. The number of ether oxygens (including phenoxy) is 1. The van der Waals surface area contributed by atoms with Crippen molar-refractivity contribution < 1.29 is 19.1 Å². The second kappa shape index (κ2) is 7.40. The third kappa shape index (κ3) is 3.66. The van der Waals surface area contributed by atoms with Gasteiger partial charge < -0.3 is 20.7 Å². The molecule has 0 spiro atoms. The monoisotopic (exact) mass is 387 g/mol. The topological polar surface area (TPSA) is 102 Å². The number of primary amides is 1. The highest BCUT2D eigenvalue weighted by Crippen LogP contribution is 2.33. The zero-order valence-corrected chi connectivity index (χ0v) is 16.2. The first-order chi connectivity index (χ1) is 12.8. The Balaban J connectivity index is 1.74. The maximum absolute atomic E-state index is 12.7. The summed E-state index contributed by atoms with van der Waals surface area (Å²) in [5.74, 6) is -0.781. The van der Waals surface area contributed by atoms with Crippen molar-refractivity contribution in [2.75, 3.05) is 23.9 Å². The lowest BCUT2D eigenvalue weighted by Gasteiger charge is -2.17. The average molecular weight is 387 g/mol. The number of amides is 3. The predicted molar refractivity (Wildman–Crippen MR) is 104 cm³/mol. The molecule has 2 heterocycles. The van der Waals surface area contributed by atoms with Gasteiger partial charge in [-0.1, -0.05) is 0 Å². The number of rotatable bonds is 5. The molecule has 1 saturated heterocycles. The van der Waals surface area contributed by atoms with Crippen LogP contribution in [-0.2, 0) is 9.59 Å². The zero-order valence-electron chi connectivity index (χ0n) is 15.4. The molecule has 0 saturated carbocycles. The molecular weight excluding hydrogens is 366 g/mol. The third-order valence-corrected chi connectivity index (χ3v) is 5.87. The van der Waals surface area contributed by atoms with E-state index in [0.717, 1.165) is 16.1 Å². The van der Waals surface area contributed by atoms with E-state index in [-0.39, 0.29) is 24.8 Å². The lowest BCUT2D eigenvalue weighted by Crippen LogP contribution is -2.28. The summed E-state index contributed by atoms with van der Waals surface area (Å²) in [4.78, 5) is 39.3. The molecule has 3 amide bonds. The second-order valence-electron chi connectivity index (χ2n) is 6.44. The van der Waals surface area contributed by atoms with E-state index in [4.69, 9.17) is 10.5 Å². The van der Waals surface area contributed by atoms with Crippen molar-refractivity contribution in [2.24, 2.45) is 11.7 Å². The largest absolute Gasteiger partial charge is 0.497 e. The van der Waals surface area contributed by atoms with Crippen molar-refractivity contribution in [2.45, 2.75) is 20.3 Å². The molecule has 142 valence electrons. The Morgan fingerprint density at radius 3 is 2.52 bits per heavy atom. The van der Waals surface area contributed by atoms with Gasteiger partial charge in [0, 0.05) is 23.5 Å². The van der Waals surface area contributed by atoms with E-state index in [9.17, 15) is 14.4 Å². The van der Waals surface area contributed by atoms with Gasteiger partial charge in [-0.3, -0.25) is 14.4 Å². The summed E-state index contributed by atoms with van der Waals surface area (Å²) in [5.41, 5.74) is 7.27. The van der Waals surface area contributed by atoms with Gasteiger partial charge in [0.2, 0.25) is 11.8 Å². The molecule has 1 atom stereocenters. The van der Waals surface area contributed by atoms with Crippen molar-refractivity contribution >= 4 is 39.7 Å². The van der Waals surface area contributed by atoms with Gasteiger partial charge in [-0.2, -0.15) is 0 Å². The summed E-state index contributed by atoms with van der Waals surface area (Å²) in [7, 11) is 1.57. The van der Waals surface area contributed by atoms with Gasteiger partial charge in [0.25, 0.3) is 5.91 Å². The van der Waals surface area contributed by atoms with Crippen LogP contribution in [0.25, 0.3) is 0 Å². The summed E-state index contributed by atoms with van der Waals surface area (Å²) >= 11 is 1.31. The number of nitrogens with zero attached hydrogens (tertiary/aromatic N) is 1. The minimum Gasteiger partial charge on any atom is -0.497 e. The minimum absolute atomic E-state index is 0.117. The fourth-order valence-corrected chi connectivity index (χ4v) is 4.19. The number of carbonyl (C=O) groups is 3. The van der Waals surface area contributed by atoms with Crippen LogP contribution in [0.15, 0.2) is 24.3 Å². The number of hydrogen-bond donors (Lipinski definition) is 2. The standard InChI is InChI=1S/C19H21N3O4S/c1-10-11(2)27-19(16(10)17(20)24)21-18(25)12-8-15(23)22(9-12)13-4-6-14(26-3)7-5-13/h4-7,12H,8-9H2,1-3H3,(H2,20,24)(H,21,25). The highest BCUT2D eigenvalue weighted by molar-refractivity contribution is 7.16. The summed E-state index contributed by atoms with van der Waals surface area (Å²) in [6.45, 7) is 3.95. The van der Waals surface area contributed by atoms with Crippen molar-refractivity contribution in [1.29, 1.82) is 0 Å². The van der Waals surface area contributed by atoms with E-state index in [0.29, 0.717) is 16.3 Å². The molecule has 1 aromatic carbocycles. The molecule has 7 nitrogen and oxygen atoms in total. The number of nitrogens with two attached hydrogens (primary N) is 1. The Morgan fingerprint density at radius 1 is 1.26 bits per heavy atom. The number of methoxy groups -OCH3 is 1. The van der Waals surface area contributed by atoms with Crippen LogP contribution in [-0.4, -0.2) is 31.4 Å². The Labute approximate surface area is 161 Å². The number of thiophene rings is 1. The van der Waals surface area contributed by atoms with Crippen LogP contribution in [0.5, 0.6) is 5.75 Å². The number of benzene rings is 1. The number of aryl methyl sites for hydroxylation is 1. The molecule has 2 aromatic rings. The molecule has 0 radical (unpaired) electrons. The molecule has 8 heteroatoms. The molecule has 27 heavy (non-hydrogen) atoms. The first-order valence-electron chi connectivity index (χ1n) is 8.47. The van der Waals surface area contributed by atoms with Crippen molar-refractivity contribution in [3.63, 3.8) is 0 Å². The molecule has 3 rings (SSSR count). The Kier molecular flexibility index (Phi) is 5.18. The smallest absolute Gasteiger partial charge is 0.251 e. The molecule has 1 aromatic heterocycles. The van der Waals surface area contributed by atoms with Crippen LogP contribution in [0.1, 0.15) is 27.2 Å². The molecular formula is C19H21N3O4S. The third-order valence-electron chi connectivity index (χ3n) is 4.75. The van der Waals surface area contributed by atoms with Crippen LogP contribution in [0.4, 0.5) is 10.7 Å². The van der Waals surface area contributed by atoms with Crippen molar-refractivity contribution in [1.82, 2.24) is 0 Å². The number of carbonyl (C=O) groups excluding carboxylic acids is 3. The summed E-state index contributed by atoms with van der Waals surface area (Å²) < 4.78 is 5.12. The van der Waals surface area contributed by atoms with Crippen molar-refractivity contribution in [3.05, 3.63) is 40.3 Å². The van der Waals surface area contributed by atoms with E-state index < -0.39 is 11.8 Å². The van der Waals surface area contributed by atoms with Crippen LogP contribution in [0.2, 0.25) is 0 Å². The average Bonchev–Trinajstić information content (AvgIpc) is 3.15. The van der Waals surface area contributed by atoms with E-state index in [1.807, 2.05) is 6.92 Å². The SMILES string of the molecule is COc1ccc(N2CC(C(=O)Nc3sc(C)c(C)c3C(N)=O)CC2=O)cc1. The highest BCUT2D eigenvalue weighted by Gasteiger charge is 2.35. The van der Waals surface area contributed by atoms with Gasteiger partial charge >= 0.3 is 0 Å². The van der Waals surface area contributed by atoms with Gasteiger partial charge in [-0.05, 0) is 43.7 Å². The highest BCUT2D eigenvalue weighted by atomic mass is 32.1. The maximum Gasteiger partial charge on any atom is 0.251 e. The Bertz CT molecular complexity index is 904. The number of nitrogens with one attached hydrogen (secondary N) is 1. The summed E-state index contributed by atoms with van der Waals surface area (Å²) in [6, 6.07) is 7.11. The number of hydrogen-bond acceptors (Lipinski definition) is 5. The van der Waals surface area contributed by atoms with E-state index in [2.05, 4.69) is 5.32 Å². The zero-order chi connectivity index (χ0) is 19.7. The van der Waals surface area contributed by atoms with Crippen LogP contribution in [0, 0.1) is 19.8 Å². The Morgan fingerprint density at radius 2 is 1.93 bits per heavy atom. The van der Waals surface area contributed by atoms with Crippen LogP contribution < -0.4 is 20.7 Å². The summed E-state index contributed by atoms with van der Waals surface area (Å²) in [6.07, 6.45) is 0.118. The molecule has 0 bridgehead atoms. The first kappa shape index (κ1) is 18.9. The van der Waals surface area contributed by atoms with E-state index in [1.54, 1.807) is 43.2 Å². The van der Waals surface area contributed by atoms with Crippen LogP contribution >= 0.6 is 11.3 Å². The maximum atomic E-state index is 12.7. The number of anilines is 2. The molecule has 1 aliphatic rings. The molecule has 0 aliphatic carbocycles. The molecule has 1 fully saturated rings. The summed E-state index contributed by atoms with van der Waals surface area (Å²) in [5, 5.41) is 3.23. The van der Waals surface area contributed by atoms with Crippen LogP contribution in [0.3, 0.4) is 0 Å². The fraction of sp³-hybridized carbons (Fsp3) is 0.316. The molecule has 1 aliphatic heterocycles. The van der Waals surface area contributed by atoms with Gasteiger partial charge in [0.1, 0.15) is 10.8 Å². The lowest BCUT2D eigenvalue weighted by molar-refractivity contribution is -0.122. The van der Waals surface area contributed by atoms with Gasteiger partial charge in [0.15, 0.2) is 0 Å². The Hall–Kier alpha value is -2.87. The first-order valence-corrected chi connectivity index (χ1v) is 9.28. The quantitative estimate of drug-likeness (QED) is 0.823. The van der Waals surface area contributed by atoms with Crippen molar-refractivity contribution in [3.8, 4) is 5.75 Å². The minimum atomic E-state index is -0.575. The van der Waals surface area contributed by atoms with E-state index in [1.165, 1.54) is 11.3 Å². The fourth-order valence-electron chi connectivity index (χ4n) is 3.12. The molecule has 3 N–H and O–H groups in total. The van der Waals surface area contributed by atoms with Gasteiger partial charge in [-0.25, -0.2) is 0 Å². The second-order valence-corrected chi connectivity index (χ2v) is 7.67. The van der Waals surface area contributed by atoms with E-state index >= 15 is 0 Å². The molecule has 1 unspecified atom stereocenters. The van der Waals surface area contributed by atoms with Gasteiger partial charge in [-0.15, -0.1) is 11.3 Å².